The van der Waals surface area contributed by atoms with Crippen LogP contribution in [0.2, 0.25) is 5.02 Å². The summed E-state index contributed by atoms with van der Waals surface area (Å²) >= 11 is 5.97. The molecule has 33 heavy (non-hydrogen) atoms. The summed E-state index contributed by atoms with van der Waals surface area (Å²) in [7, 11) is 1.27. The van der Waals surface area contributed by atoms with Gasteiger partial charge in [-0.25, -0.2) is 4.79 Å². The first-order valence-electron chi connectivity index (χ1n) is 10.5. The predicted octanol–water partition coefficient (Wildman–Crippen LogP) is 3.58. The number of methoxy groups -OCH3 is 1. The van der Waals surface area contributed by atoms with Crippen LogP contribution in [0.1, 0.15) is 21.5 Å². The van der Waals surface area contributed by atoms with Gasteiger partial charge in [0.05, 0.1) is 7.11 Å². The van der Waals surface area contributed by atoms with Crippen LogP contribution in [0.5, 0.6) is 0 Å². The molecule has 170 valence electrons. The number of amides is 2. The number of benzene rings is 3. The van der Waals surface area contributed by atoms with Gasteiger partial charge in [0.15, 0.2) is 0 Å². The van der Waals surface area contributed by atoms with Crippen LogP contribution in [0.25, 0.3) is 0 Å². The molecule has 0 radical (unpaired) electrons. The van der Waals surface area contributed by atoms with E-state index in [-0.39, 0.29) is 18.7 Å². The topological polar surface area (TPSA) is 84.5 Å². The molecule has 0 saturated carbocycles. The van der Waals surface area contributed by atoms with Crippen molar-refractivity contribution >= 4 is 29.4 Å². The molecule has 0 aliphatic rings. The maximum absolute atomic E-state index is 13.2. The second kappa shape index (κ2) is 11.8. The molecule has 0 fully saturated rings. The van der Waals surface area contributed by atoms with Crippen LogP contribution in [0.4, 0.5) is 0 Å². The summed E-state index contributed by atoms with van der Waals surface area (Å²) in [5.41, 5.74) is 2.11. The molecule has 2 atom stereocenters. The molecule has 3 aromatic carbocycles. The van der Waals surface area contributed by atoms with E-state index in [0.29, 0.717) is 10.6 Å². The van der Waals surface area contributed by atoms with Crippen LogP contribution >= 0.6 is 11.6 Å². The van der Waals surface area contributed by atoms with Gasteiger partial charge >= 0.3 is 5.97 Å². The molecule has 3 aromatic rings. The van der Waals surface area contributed by atoms with Crippen LogP contribution < -0.4 is 10.6 Å². The van der Waals surface area contributed by atoms with E-state index in [1.54, 1.807) is 54.6 Å². The number of carbonyl (C=O) groups is 3. The van der Waals surface area contributed by atoms with E-state index in [4.69, 9.17) is 16.3 Å². The van der Waals surface area contributed by atoms with Gasteiger partial charge in [0.25, 0.3) is 5.91 Å². The van der Waals surface area contributed by atoms with Crippen molar-refractivity contribution in [3.05, 3.63) is 107 Å². The molecule has 2 N–H and O–H groups in total. The SMILES string of the molecule is COC(=O)C(Cc1ccccc1)NC(=O)C(Cc1ccc(Cl)cc1)NC(=O)c1ccccc1. The van der Waals surface area contributed by atoms with Gasteiger partial charge < -0.3 is 15.4 Å². The summed E-state index contributed by atoms with van der Waals surface area (Å²) < 4.78 is 4.89. The molecule has 7 heteroatoms. The number of carbonyl (C=O) groups excluding carboxylic acids is 3. The zero-order valence-corrected chi connectivity index (χ0v) is 18.9. The summed E-state index contributed by atoms with van der Waals surface area (Å²) in [4.78, 5) is 38.4. The fraction of sp³-hybridized carbons (Fsp3) is 0.192. The van der Waals surface area contributed by atoms with Crippen molar-refractivity contribution in [2.45, 2.75) is 24.9 Å². The molecule has 0 bridgehead atoms. The lowest BCUT2D eigenvalue weighted by Gasteiger charge is -2.22. The van der Waals surface area contributed by atoms with E-state index in [1.807, 2.05) is 30.3 Å². The van der Waals surface area contributed by atoms with Crippen molar-refractivity contribution in [2.24, 2.45) is 0 Å². The van der Waals surface area contributed by atoms with Gasteiger partial charge in [-0.15, -0.1) is 0 Å². The number of hydrogen-bond donors (Lipinski definition) is 2. The molecular formula is C26H25ClN2O4. The van der Waals surface area contributed by atoms with E-state index >= 15 is 0 Å². The molecule has 0 saturated heterocycles. The van der Waals surface area contributed by atoms with E-state index in [1.165, 1.54) is 7.11 Å². The van der Waals surface area contributed by atoms with Crippen LogP contribution in [0.15, 0.2) is 84.9 Å². The molecule has 0 spiro atoms. The van der Waals surface area contributed by atoms with Crippen molar-refractivity contribution < 1.29 is 19.1 Å². The summed E-state index contributed by atoms with van der Waals surface area (Å²) in [5, 5.41) is 6.11. The van der Waals surface area contributed by atoms with E-state index in [2.05, 4.69) is 10.6 Å². The summed E-state index contributed by atoms with van der Waals surface area (Å²) in [6, 6.07) is 23.2. The highest BCUT2D eigenvalue weighted by atomic mass is 35.5. The van der Waals surface area contributed by atoms with E-state index in [0.717, 1.165) is 11.1 Å². The molecule has 2 unspecified atom stereocenters. The van der Waals surface area contributed by atoms with Gasteiger partial charge in [0.1, 0.15) is 12.1 Å². The molecule has 3 rings (SSSR count). The number of esters is 1. The minimum Gasteiger partial charge on any atom is -0.467 e. The average Bonchev–Trinajstić information content (AvgIpc) is 2.85. The first-order chi connectivity index (χ1) is 16.0. The van der Waals surface area contributed by atoms with E-state index in [9.17, 15) is 14.4 Å². The first-order valence-corrected chi connectivity index (χ1v) is 10.9. The van der Waals surface area contributed by atoms with Crippen molar-refractivity contribution in [3.8, 4) is 0 Å². The number of rotatable bonds is 9. The Morgan fingerprint density at radius 2 is 1.30 bits per heavy atom. The Bertz CT molecular complexity index is 1070. The average molecular weight is 465 g/mol. The van der Waals surface area contributed by atoms with Crippen LogP contribution in [-0.2, 0) is 27.2 Å². The molecule has 0 heterocycles. The zero-order valence-electron chi connectivity index (χ0n) is 18.2. The largest absolute Gasteiger partial charge is 0.467 e. The van der Waals surface area contributed by atoms with Crippen LogP contribution in [-0.4, -0.2) is 37.0 Å². The fourth-order valence-electron chi connectivity index (χ4n) is 3.35. The lowest BCUT2D eigenvalue weighted by Crippen LogP contribution is -2.53. The molecular weight excluding hydrogens is 440 g/mol. The third-order valence-electron chi connectivity index (χ3n) is 5.10. The Morgan fingerprint density at radius 3 is 1.91 bits per heavy atom. The third kappa shape index (κ3) is 7.19. The Morgan fingerprint density at radius 1 is 0.758 bits per heavy atom. The lowest BCUT2D eigenvalue weighted by molar-refractivity contribution is -0.145. The van der Waals surface area contributed by atoms with Crippen molar-refractivity contribution in [3.63, 3.8) is 0 Å². The second-order valence-electron chi connectivity index (χ2n) is 7.50. The molecule has 0 aromatic heterocycles. The molecule has 6 nitrogen and oxygen atoms in total. The maximum atomic E-state index is 13.2. The monoisotopic (exact) mass is 464 g/mol. The van der Waals surface area contributed by atoms with Crippen molar-refractivity contribution in [1.82, 2.24) is 10.6 Å². The van der Waals surface area contributed by atoms with Gasteiger partial charge in [-0.3, -0.25) is 9.59 Å². The van der Waals surface area contributed by atoms with Gasteiger partial charge in [0, 0.05) is 23.4 Å². The molecule has 2 amide bonds. The zero-order chi connectivity index (χ0) is 23.6. The van der Waals surface area contributed by atoms with Gasteiger partial charge in [-0.1, -0.05) is 72.3 Å². The maximum Gasteiger partial charge on any atom is 0.328 e. The minimum atomic E-state index is -0.915. The summed E-state index contributed by atoms with van der Waals surface area (Å²) in [6.07, 6.45) is 0.486. The van der Waals surface area contributed by atoms with Crippen LogP contribution in [0, 0.1) is 0 Å². The Hall–Kier alpha value is -3.64. The Kier molecular flexibility index (Phi) is 8.61. The smallest absolute Gasteiger partial charge is 0.328 e. The standard InChI is InChI=1S/C26H25ClN2O4/c1-33-26(32)23(17-18-8-4-2-5-9-18)29-25(31)22(16-19-12-14-21(27)15-13-19)28-24(30)20-10-6-3-7-11-20/h2-15,22-23H,16-17H2,1H3,(H,28,30)(H,29,31). The van der Waals surface area contributed by atoms with Crippen LogP contribution in [0.3, 0.4) is 0 Å². The Labute approximate surface area is 197 Å². The highest BCUT2D eigenvalue weighted by Gasteiger charge is 2.28. The number of halogens is 1. The third-order valence-corrected chi connectivity index (χ3v) is 5.35. The van der Waals surface area contributed by atoms with Crippen molar-refractivity contribution in [1.29, 1.82) is 0 Å². The normalized spacial score (nSPS) is 12.3. The number of ether oxygens (including phenoxy) is 1. The molecule has 0 aliphatic heterocycles. The van der Waals surface area contributed by atoms with Gasteiger partial charge in [-0.05, 0) is 35.4 Å². The fourth-order valence-corrected chi connectivity index (χ4v) is 3.48. The Balaban J connectivity index is 1.80. The van der Waals surface area contributed by atoms with Gasteiger partial charge in [-0.2, -0.15) is 0 Å². The lowest BCUT2D eigenvalue weighted by atomic mass is 10.0. The highest BCUT2D eigenvalue weighted by Crippen LogP contribution is 2.12. The number of nitrogens with one attached hydrogen (secondary N) is 2. The second-order valence-corrected chi connectivity index (χ2v) is 7.93. The minimum absolute atomic E-state index is 0.223. The predicted molar refractivity (Wildman–Crippen MR) is 127 cm³/mol. The quantitative estimate of drug-likeness (QED) is 0.474. The first kappa shape index (κ1) is 24.0. The van der Waals surface area contributed by atoms with Gasteiger partial charge in [0.2, 0.25) is 5.91 Å². The summed E-state index contributed by atoms with van der Waals surface area (Å²) in [5.74, 6) is -1.44. The van der Waals surface area contributed by atoms with Crippen molar-refractivity contribution in [2.75, 3.05) is 7.11 Å². The highest BCUT2D eigenvalue weighted by molar-refractivity contribution is 6.30. The summed E-state index contributed by atoms with van der Waals surface area (Å²) in [6.45, 7) is 0. The van der Waals surface area contributed by atoms with E-state index < -0.39 is 24.0 Å². The number of hydrogen-bond acceptors (Lipinski definition) is 4. The molecule has 0 aliphatic carbocycles.